The Balaban J connectivity index is 1.93. The van der Waals surface area contributed by atoms with Crippen molar-refractivity contribution in [3.05, 3.63) is 59.2 Å². The number of aromatic carboxylic acids is 1. The summed E-state index contributed by atoms with van der Waals surface area (Å²) in [6.07, 6.45) is 2.44. The van der Waals surface area contributed by atoms with Crippen LogP contribution >= 0.6 is 0 Å². The van der Waals surface area contributed by atoms with Gasteiger partial charge in [-0.1, -0.05) is 36.1 Å². The second-order valence-electron chi connectivity index (χ2n) is 5.73. The lowest BCUT2D eigenvalue weighted by Crippen LogP contribution is -2.31. The van der Waals surface area contributed by atoms with E-state index in [4.69, 9.17) is 5.11 Å². The van der Waals surface area contributed by atoms with Crippen molar-refractivity contribution < 1.29 is 23.4 Å². The number of fused-ring (bicyclic) bond motifs is 1. The number of hydrogen-bond acceptors (Lipinski definition) is 4. The molecule has 1 atom stereocenters. The summed E-state index contributed by atoms with van der Waals surface area (Å²) in [5, 5.41) is 20.5. The van der Waals surface area contributed by atoms with Gasteiger partial charge in [0, 0.05) is 6.04 Å². The molecule has 0 spiro atoms. The maximum absolute atomic E-state index is 12.6. The van der Waals surface area contributed by atoms with Gasteiger partial charge < -0.3 is 10.2 Å². The highest BCUT2D eigenvalue weighted by Gasteiger charge is 2.26. The van der Waals surface area contributed by atoms with Crippen molar-refractivity contribution in [1.29, 1.82) is 0 Å². The minimum Gasteiger partial charge on any atom is -0.872 e. The molecule has 2 aromatic rings. The van der Waals surface area contributed by atoms with Gasteiger partial charge in [0.2, 0.25) is 10.0 Å². The molecule has 3 rings (SSSR count). The van der Waals surface area contributed by atoms with E-state index in [9.17, 15) is 18.3 Å². The molecule has 0 saturated heterocycles. The van der Waals surface area contributed by atoms with Gasteiger partial charge in [-0.3, -0.25) is 0 Å². The van der Waals surface area contributed by atoms with Crippen LogP contribution in [0.25, 0.3) is 0 Å². The molecule has 0 fully saturated rings. The fraction of sp³-hybridized carbons (Fsp3) is 0.235. The number of carboxylic acid groups (broad SMARTS) is 1. The van der Waals surface area contributed by atoms with E-state index in [1.165, 1.54) is 0 Å². The van der Waals surface area contributed by atoms with Crippen LogP contribution in [0.4, 0.5) is 0 Å². The number of benzene rings is 2. The number of nitrogens with one attached hydrogen (secondary N) is 1. The van der Waals surface area contributed by atoms with E-state index in [-0.39, 0.29) is 10.9 Å². The Kier molecular flexibility index (Phi) is 4.29. The zero-order chi connectivity index (χ0) is 17.3. The van der Waals surface area contributed by atoms with Crippen LogP contribution in [0.5, 0.6) is 5.75 Å². The fourth-order valence-electron chi connectivity index (χ4n) is 2.98. The number of rotatable bonds is 4. The molecule has 1 aliphatic rings. The normalized spacial score (nSPS) is 17.2. The van der Waals surface area contributed by atoms with Crippen LogP contribution in [0.3, 0.4) is 0 Å². The molecule has 0 radical (unpaired) electrons. The minimum atomic E-state index is -3.93. The van der Waals surface area contributed by atoms with Crippen LogP contribution in [0.1, 0.15) is 40.4 Å². The first-order chi connectivity index (χ1) is 11.4. The first-order valence-corrected chi connectivity index (χ1v) is 9.01. The van der Waals surface area contributed by atoms with E-state index < -0.39 is 27.3 Å². The molecular formula is C17H16NO5S-. The van der Waals surface area contributed by atoms with E-state index in [1.807, 2.05) is 24.3 Å². The second-order valence-corrected chi connectivity index (χ2v) is 7.44. The minimum absolute atomic E-state index is 0.220. The van der Waals surface area contributed by atoms with Crippen molar-refractivity contribution in [1.82, 2.24) is 4.72 Å². The largest absolute Gasteiger partial charge is 0.872 e. The number of carbonyl (C=O) groups is 1. The Bertz CT molecular complexity index is 892. The molecular weight excluding hydrogens is 330 g/mol. The second kappa shape index (κ2) is 6.26. The standard InChI is InChI=1S/C17H17NO5S/c19-16-9-8-12(10-14(16)17(20)21)24(22,23)18-15-7-3-5-11-4-1-2-6-13(11)15/h1-2,4,6,8-10,15,18-19H,3,5,7H2,(H,20,21)/p-1/t15-/m0/s1. The molecule has 0 aliphatic heterocycles. The quantitative estimate of drug-likeness (QED) is 0.878. The molecule has 2 aromatic carbocycles. The third-order valence-corrected chi connectivity index (χ3v) is 5.63. The van der Waals surface area contributed by atoms with Gasteiger partial charge in [0.1, 0.15) is 0 Å². The highest BCUT2D eigenvalue weighted by molar-refractivity contribution is 7.89. The average Bonchev–Trinajstić information content (AvgIpc) is 2.55. The van der Waals surface area contributed by atoms with Gasteiger partial charge in [-0.2, -0.15) is 0 Å². The van der Waals surface area contributed by atoms with Crippen molar-refractivity contribution in [2.45, 2.75) is 30.2 Å². The van der Waals surface area contributed by atoms with Crippen LogP contribution in [0.2, 0.25) is 0 Å². The molecule has 24 heavy (non-hydrogen) atoms. The molecule has 1 aliphatic carbocycles. The molecule has 0 amide bonds. The summed E-state index contributed by atoms with van der Waals surface area (Å²) in [6.45, 7) is 0. The molecule has 0 aromatic heterocycles. The first-order valence-electron chi connectivity index (χ1n) is 7.53. The summed E-state index contributed by atoms with van der Waals surface area (Å²) in [6, 6.07) is 10.3. The Hall–Kier alpha value is -2.38. The topological polar surface area (TPSA) is 107 Å². The van der Waals surface area contributed by atoms with Gasteiger partial charge in [-0.15, -0.1) is 0 Å². The van der Waals surface area contributed by atoms with Crippen molar-refractivity contribution in [2.24, 2.45) is 0 Å². The average molecular weight is 346 g/mol. The van der Waals surface area contributed by atoms with Gasteiger partial charge in [0.25, 0.3) is 0 Å². The molecule has 126 valence electrons. The zero-order valence-electron chi connectivity index (χ0n) is 12.7. The third kappa shape index (κ3) is 3.13. The lowest BCUT2D eigenvalue weighted by atomic mass is 9.88. The predicted molar refractivity (Wildman–Crippen MR) is 85.3 cm³/mol. The predicted octanol–water partition coefficient (Wildman–Crippen LogP) is 1.81. The molecule has 0 heterocycles. The Morgan fingerprint density at radius 1 is 1.21 bits per heavy atom. The summed E-state index contributed by atoms with van der Waals surface area (Å²) in [7, 11) is -3.93. The summed E-state index contributed by atoms with van der Waals surface area (Å²) in [5.74, 6) is -2.16. The van der Waals surface area contributed by atoms with Crippen LogP contribution in [-0.2, 0) is 16.4 Å². The van der Waals surface area contributed by atoms with E-state index >= 15 is 0 Å². The van der Waals surface area contributed by atoms with Gasteiger partial charge in [-0.25, -0.2) is 17.9 Å². The Morgan fingerprint density at radius 2 is 1.96 bits per heavy atom. The van der Waals surface area contributed by atoms with Crippen molar-refractivity contribution >= 4 is 16.0 Å². The summed E-state index contributed by atoms with van der Waals surface area (Å²) < 4.78 is 27.8. The van der Waals surface area contributed by atoms with Crippen molar-refractivity contribution in [3.63, 3.8) is 0 Å². The molecule has 6 nitrogen and oxygen atoms in total. The monoisotopic (exact) mass is 346 g/mol. The molecule has 0 saturated carbocycles. The highest BCUT2D eigenvalue weighted by Crippen LogP contribution is 2.31. The van der Waals surface area contributed by atoms with Crippen LogP contribution in [0.15, 0.2) is 47.4 Å². The van der Waals surface area contributed by atoms with E-state index in [0.29, 0.717) is 6.42 Å². The van der Waals surface area contributed by atoms with Crippen LogP contribution < -0.4 is 9.83 Å². The SMILES string of the molecule is O=C(O)c1cc(S(=O)(=O)N[C@H]2CCCc3ccccc32)ccc1[O-]. The van der Waals surface area contributed by atoms with E-state index in [0.717, 1.165) is 42.2 Å². The number of hydrogen-bond donors (Lipinski definition) is 2. The maximum atomic E-state index is 12.6. The summed E-state index contributed by atoms with van der Waals surface area (Å²) in [5.41, 5.74) is 1.49. The van der Waals surface area contributed by atoms with E-state index in [1.54, 1.807) is 0 Å². The van der Waals surface area contributed by atoms with Crippen molar-refractivity contribution in [3.8, 4) is 5.75 Å². The lowest BCUT2D eigenvalue weighted by molar-refractivity contribution is -0.268. The van der Waals surface area contributed by atoms with Gasteiger partial charge in [0.15, 0.2) is 0 Å². The zero-order valence-corrected chi connectivity index (χ0v) is 13.5. The summed E-state index contributed by atoms with van der Waals surface area (Å²) >= 11 is 0. The first kappa shape index (κ1) is 16.5. The van der Waals surface area contributed by atoms with E-state index in [2.05, 4.69) is 4.72 Å². The number of sulfonamides is 1. The fourth-order valence-corrected chi connectivity index (χ4v) is 4.25. The summed E-state index contributed by atoms with van der Waals surface area (Å²) in [4.78, 5) is 10.8. The molecule has 0 bridgehead atoms. The van der Waals surface area contributed by atoms with Crippen LogP contribution in [0, 0.1) is 0 Å². The highest BCUT2D eigenvalue weighted by atomic mass is 32.2. The smallest absolute Gasteiger partial charge is 0.335 e. The Labute approximate surface area is 139 Å². The lowest BCUT2D eigenvalue weighted by Gasteiger charge is -2.26. The molecule has 0 unspecified atom stereocenters. The third-order valence-electron chi connectivity index (χ3n) is 4.16. The maximum Gasteiger partial charge on any atom is 0.335 e. The van der Waals surface area contributed by atoms with Gasteiger partial charge >= 0.3 is 5.97 Å². The molecule has 2 N–H and O–H groups in total. The van der Waals surface area contributed by atoms with Crippen LogP contribution in [-0.4, -0.2) is 19.5 Å². The van der Waals surface area contributed by atoms with Crippen molar-refractivity contribution in [2.75, 3.05) is 0 Å². The number of carboxylic acids is 1. The Morgan fingerprint density at radius 3 is 2.71 bits per heavy atom. The van der Waals surface area contributed by atoms with Gasteiger partial charge in [0.05, 0.1) is 10.5 Å². The number of aryl methyl sites for hydroxylation is 1. The van der Waals surface area contributed by atoms with Gasteiger partial charge in [-0.05, 0) is 42.5 Å². The molecule has 7 heteroatoms.